The van der Waals surface area contributed by atoms with Gasteiger partial charge in [0.2, 0.25) is 0 Å². The third-order valence-electron chi connectivity index (χ3n) is 4.07. The topological polar surface area (TPSA) is 78.9 Å². The van der Waals surface area contributed by atoms with E-state index in [0.29, 0.717) is 18.5 Å². The number of ether oxygens (including phenoxy) is 1. The zero-order valence-corrected chi connectivity index (χ0v) is 13.6. The number of aliphatic carboxylic acids is 1. The molecule has 138 valence electrons. The maximum absolute atomic E-state index is 12.3. The average molecular weight is 360 g/mol. The molecule has 1 atom stereocenters. The molecule has 0 saturated carbocycles. The number of rotatable bonds is 5. The number of halogens is 3. The first-order chi connectivity index (χ1) is 11.6. The molecule has 1 aromatic rings. The van der Waals surface area contributed by atoms with E-state index in [1.54, 1.807) is 19.1 Å². The second-order valence-electron chi connectivity index (χ2n) is 6.21. The first-order valence-electron chi connectivity index (χ1n) is 7.64. The van der Waals surface area contributed by atoms with Gasteiger partial charge in [-0.1, -0.05) is 18.2 Å². The maximum Gasteiger partial charge on any atom is 0.422 e. The van der Waals surface area contributed by atoms with Crippen molar-refractivity contribution in [2.45, 2.75) is 26.1 Å². The second kappa shape index (κ2) is 7.20. The number of carboxylic acids is 1. The Hall–Kier alpha value is -2.45. The minimum absolute atomic E-state index is 0.0207. The van der Waals surface area contributed by atoms with Crippen molar-refractivity contribution in [2.24, 2.45) is 5.41 Å². The number of amides is 2. The van der Waals surface area contributed by atoms with Crippen molar-refractivity contribution in [2.75, 3.05) is 19.7 Å². The van der Waals surface area contributed by atoms with Crippen LogP contribution in [0.15, 0.2) is 24.3 Å². The number of likely N-dealkylation sites (tertiary alicyclic amines) is 1. The summed E-state index contributed by atoms with van der Waals surface area (Å²) in [6, 6.07) is 5.65. The molecular weight excluding hydrogens is 341 g/mol. The number of para-hydroxylation sites is 1. The second-order valence-corrected chi connectivity index (χ2v) is 6.21. The van der Waals surface area contributed by atoms with Crippen LogP contribution in [0.3, 0.4) is 0 Å². The minimum Gasteiger partial charge on any atom is -0.484 e. The third kappa shape index (κ3) is 5.01. The van der Waals surface area contributed by atoms with E-state index < -0.39 is 30.2 Å². The highest BCUT2D eigenvalue weighted by Crippen LogP contribution is 2.30. The molecule has 1 fully saturated rings. The van der Waals surface area contributed by atoms with Crippen molar-refractivity contribution >= 4 is 12.0 Å². The molecule has 2 amide bonds. The lowest BCUT2D eigenvalue weighted by Gasteiger charge is -2.21. The Morgan fingerprint density at radius 2 is 2.04 bits per heavy atom. The monoisotopic (exact) mass is 360 g/mol. The van der Waals surface area contributed by atoms with Gasteiger partial charge in [-0.15, -0.1) is 0 Å². The van der Waals surface area contributed by atoms with Crippen molar-refractivity contribution in [1.29, 1.82) is 0 Å². The van der Waals surface area contributed by atoms with E-state index in [1.807, 2.05) is 0 Å². The highest BCUT2D eigenvalue weighted by Gasteiger charge is 2.42. The van der Waals surface area contributed by atoms with E-state index in [9.17, 15) is 27.9 Å². The molecule has 1 unspecified atom stereocenters. The van der Waals surface area contributed by atoms with Crippen LogP contribution in [0.4, 0.5) is 18.0 Å². The van der Waals surface area contributed by atoms with Gasteiger partial charge < -0.3 is 20.1 Å². The highest BCUT2D eigenvalue weighted by molar-refractivity contribution is 5.79. The van der Waals surface area contributed by atoms with Crippen molar-refractivity contribution < 1.29 is 32.6 Å². The molecule has 0 aromatic heterocycles. The molecule has 1 saturated heterocycles. The molecule has 9 heteroatoms. The molecule has 0 aliphatic carbocycles. The Morgan fingerprint density at radius 3 is 2.64 bits per heavy atom. The van der Waals surface area contributed by atoms with Crippen LogP contribution in [0.2, 0.25) is 0 Å². The van der Waals surface area contributed by atoms with Gasteiger partial charge in [0, 0.05) is 25.2 Å². The molecule has 0 bridgehead atoms. The summed E-state index contributed by atoms with van der Waals surface area (Å²) in [5, 5.41) is 11.8. The van der Waals surface area contributed by atoms with Crippen LogP contribution in [-0.2, 0) is 11.3 Å². The van der Waals surface area contributed by atoms with E-state index in [4.69, 9.17) is 4.74 Å². The minimum atomic E-state index is -4.45. The van der Waals surface area contributed by atoms with Crippen LogP contribution in [0, 0.1) is 5.41 Å². The number of carbonyl (C=O) groups excluding carboxylic acids is 1. The van der Waals surface area contributed by atoms with Crippen LogP contribution in [0.1, 0.15) is 18.9 Å². The standard InChI is InChI=1S/C16H19F3N2O4/c1-15(13(22)23)6-7-21(9-15)14(24)20-8-11-4-2-3-5-12(11)25-10-16(17,18)19/h2-5H,6-10H2,1H3,(H,20,24)(H,22,23). The van der Waals surface area contributed by atoms with Crippen LogP contribution in [0.5, 0.6) is 5.75 Å². The zero-order valence-electron chi connectivity index (χ0n) is 13.6. The Bertz CT molecular complexity index is 651. The van der Waals surface area contributed by atoms with Gasteiger partial charge in [-0.3, -0.25) is 4.79 Å². The molecule has 2 rings (SSSR count). The Morgan fingerprint density at radius 1 is 1.36 bits per heavy atom. The van der Waals surface area contributed by atoms with Gasteiger partial charge in [-0.05, 0) is 19.4 Å². The number of nitrogens with zero attached hydrogens (tertiary/aromatic N) is 1. The van der Waals surface area contributed by atoms with Gasteiger partial charge in [0.1, 0.15) is 5.75 Å². The number of benzene rings is 1. The summed E-state index contributed by atoms with van der Waals surface area (Å²) in [6.45, 7) is 0.526. The molecule has 2 N–H and O–H groups in total. The summed E-state index contributed by atoms with van der Waals surface area (Å²) >= 11 is 0. The normalized spacial score (nSPS) is 20.4. The van der Waals surface area contributed by atoms with Gasteiger partial charge in [-0.2, -0.15) is 13.2 Å². The summed E-state index contributed by atoms with van der Waals surface area (Å²) in [5.41, 5.74) is -0.578. The SMILES string of the molecule is CC1(C(=O)O)CCN(C(=O)NCc2ccccc2OCC(F)(F)F)C1. The van der Waals surface area contributed by atoms with Crippen molar-refractivity contribution in [3.63, 3.8) is 0 Å². The smallest absolute Gasteiger partial charge is 0.422 e. The fourth-order valence-corrected chi connectivity index (χ4v) is 2.54. The van der Waals surface area contributed by atoms with Gasteiger partial charge in [0.25, 0.3) is 0 Å². The average Bonchev–Trinajstić information content (AvgIpc) is 2.94. The fraction of sp³-hybridized carbons (Fsp3) is 0.500. The Kier molecular flexibility index (Phi) is 5.44. The number of carboxylic acid groups (broad SMARTS) is 1. The molecule has 6 nitrogen and oxygen atoms in total. The van der Waals surface area contributed by atoms with Crippen LogP contribution in [-0.4, -0.2) is 47.9 Å². The molecule has 25 heavy (non-hydrogen) atoms. The van der Waals surface area contributed by atoms with Crippen LogP contribution in [0.25, 0.3) is 0 Å². The number of hydrogen-bond donors (Lipinski definition) is 2. The zero-order chi connectivity index (χ0) is 18.7. The summed E-state index contributed by atoms with van der Waals surface area (Å²) in [6.07, 6.45) is -4.10. The summed E-state index contributed by atoms with van der Waals surface area (Å²) in [5.74, 6) is -0.925. The predicted octanol–water partition coefficient (Wildman–Crippen LogP) is 2.63. The Labute approximate surface area is 142 Å². The number of nitrogens with one attached hydrogen (secondary N) is 1. The first kappa shape index (κ1) is 18.9. The van der Waals surface area contributed by atoms with Crippen LogP contribution >= 0.6 is 0 Å². The fourth-order valence-electron chi connectivity index (χ4n) is 2.54. The number of urea groups is 1. The molecule has 1 heterocycles. The molecule has 1 aliphatic rings. The van der Waals surface area contributed by atoms with Gasteiger partial charge in [0.15, 0.2) is 6.61 Å². The quantitative estimate of drug-likeness (QED) is 0.846. The molecule has 0 spiro atoms. The van der Waals surface area contributed by atoms with Crippen molar-refractivity contribution in [1.82, 2.24) is 10.2 Å². The van der Waals surface area contributed by atoms with Crippen molar-refractivity contribution in [3.05, 3.63) is 29.8 Å². The maximum atomic E-state index is 12.3. The van der Waals surface area contributed by atoms with Crippen LogP contribution < -0.4 is 10.1 Å². The molecule has 0 radical (unpaired) electrons. The van der Waals surface area contributed by atoms with Gasteiger partial charge >= 0.3 is 18.2 Å². The van der Waals surface area contributed by atoms with Gasteiger partial charge in [-0.25, -0.2) is 4.79 Å². The van der Waals surface area contributed by atoms with E-state index >= 15 is 0 Å². The number of alkyl halides is 3. The lowest BCUT2D eigenvalue weighted by molar-refractivity contribution is -0.153. The predicted molar refractivity (Wildman–Crippen MR) is 82.2 cm³/mol. The number of carbonyl (C=O) groups is 2. The van der Waals surface area contributed by atoms with E-state index in [2.05, 4.69) is 5.32 Å². The first-order valence-corrected chi connectivity index (χ1v) is 7.64. The molecular formula is C16H19F3N2O4. The highest BCUT2D eigenvalue weighted by atomic mass is 19.4. The third-order valence-corrected chi connectivity index (χ3v) is 4.07. The van der Waals surface area contributed by atoms with Crippen molar-refractivity contribution in [3.8, 4) is 5.75 Å². The summed E-state index contributed by atoms with van der Waals surface area (Å²) in [4.78, 5) is 24.7. The largest absolute Gasteiger partial charge is 0.484 e. The Balaban J connectivity index is 1.93. The number of hydrogen-bond acceptors (Lipinski definition) is 3. The lowest BCUT2D eigenvalue weighted by Crippen LogP contribution is -2.40. The van der Waals surface area contributed by atoms with E-state index in [1.165, 1.54) is 17.0 Å². The molecule has 1 aliphatic heterocycles. The summed E-state index contributed by atoms with van der Waals surface area (Å²) < 4.78 is 41.6. The van der Waals surface area contributed by atoms with Gasteiger partial charge in [0.05, 0.1) is 5.41 Å². The van der Waals surface area contributed by atoms with E-state index in [0.717, 1.165) is 0 Å². The van der Waals surface area contributed by atoms with E-state index in [-0.39, 0.29) is 18.8 Å². The summed E-state index contributed by atoms with van der Waals surface area (Å²) in [7, 11) is 0. The molecule has 1 aromatic carbocycles. The lowest BCUT2D eigenvalue weighted by atomic mass is 9.90.